The minimum Gasteiger partial charge on any atom is -0.448 e. The van der Waals surface area contributed by atoms with E-state index in [1.165, 1.54) is 11.1 Å². The number of aryl methyl sites for hydroxylation is 1. The van der Waals surface area contributed by atoms with Gasteiger partial charge in [0.2, 0.25) is 5.91 Å². The molecular weight excluding hydrogens is 304 g/mol. The van der Waals surface area contributed by atoms with Gasteiger partial charge in [0.1, 0.15) is 6.61 Å². The summed E-state index contributed by atoms with van der Waals surface area (Å²) in [5.74, 6) is 0.180. The van der Waals surface area contributed by atoms with Crippen molar-refractivity contribution in [1.29, 1.82) is 0 Å². The summed E-state index contributed by atoms with van der Waals surface area (Å²) in [5, 5.41) is 0. The van der Waals surface area contributed by atoms with Crippen LogP contribution in [0.4, 0.5) is 4.79 Å². The number of carbonyl (C=O) groups is 2. The van der Waals surface area contributed by atoms with Crippen molar-refractivity contribution in [1.82, 2.24) is 9.80 Å². The van der Waals surface area contributed by atoms with Gasteiger partial charge in [0.05, 0.1) is 12.6 Å². The van der Waals surface area contributed by atoms with E-state index in [1.54, 1.807) is 4.90 Å². The molecule has 3 aliphatic rings. The molecule has 1 aromatic rings. The molecule has 1 saturated carbocycles. The Morgan fingerprint density at radius 2 is 2.08 bits per heavy atom. The highest BCUT2D eigenvalue weighted by Gasteiger charge is 2.39. The molecule has 5 heteroatoms. The topological polar surface area (TPSA) is 49.9 Å². The zero-order valence-electron chi connectivity index (χ0n) is 13.9. The molecule has 1 aliphatic heterocycles. The summed E-state index contributed by atoms with van der Waals surface area (Å²) in [6.45, 7) is 1.51. The summed E-state index contributed by atoms with van der Waals surface area (Å²) in [6, 6.07) is 9.13. The zero-order valence-corrected chi connectivity index (χ0v) is 13.9. The average molecular weight is 328 g/mol. The van der Waals surface area contributed by atoms with E-state index in [4.69, 9.17) is 4.74 Å². The number of ether oxygens (including phenoxy) is 1. The second-order valence-corrected chi connectivity index (χ2v) is 6.99. The van der Waals surface area contributed by atoms with Crippen molar-refractivity contribution in [3.63, 3.8) is 0 Å². The molecule has 0 unspecified atom stereocenters. The number of hydrogen-bond donors (Lipinski definition) is 0. The van der Waals surface area contributed by atoms with Crippen molar-refractivity contribution in [2.45, 2.75) is 50.6 Å². The number of cyclic esters (lactones) is 1. The molecule has 128 valence electrons. The molecule has 5 nitrogen and oxygen atoms in total. The van der Waals surface area contributed by atoms with Gasteiger partial charge in [-0.3, -0.25) is 4.79 Å². The van der Waals surface area contributed by atoms with Gasteiger partial charge in [-0.05, 0) is 43.2 Å². The van der Waals surface area contributed by atoms with Crippen LogP contribution >= 0.6 is 0 Å². The molecular formula is C19H24N2O3. The first-order valence-electron chi connectivity index (χ1n) is 9.04. The third-order valence-electron chi connectivity index (χ3n) is 5.34. The molecule has 1 saturated heterocycles. The molecule has 1 heterocycles. The summed E-state index contributed by atoms with van der Waals surface area (Å²) in [4.78, 5) is 28.3. The van der Waals surface area contributed by atoms with Crippen LogP contribution in [0.5, 0.6) is 0 Å². The fourth-order valence-corrected chi connectivity index (χ4v) is 3.99. The average Bonchev–Trinajstić information content (AvgIpc) is 3.35. The standard InChI is InChI=1S/C19H24N2O3/c22-18(10-11-20-12-13-24-19(20)23)21(15-8-9-15)17-7-3-5-14-4-1-2-6-16(14)17/h1-2,4,6,15,17H,3,5,7-13H2/t17-/m0/s1. The molecule has 2 fully saturated rings. The van der Waals surface area contributed by atoms with Gasteiger partial charge in [0, 0.05) is 19.0 Å². The maximum Gasteiger partial charge on any atom is 0.409 e. The molecule has 0 radical (unpaired) electrons. The molecule has 0 aromatic heterocycles. The van der Waals surface area contributed by atoms with Crippen LogP contribution in [0.3, 0.4) is 0 Å². The lowest BCUT2D eigenvalue weighted by Gasteiger charge is -2.36. The number of amides is 2. The van der Waals surface area contributed by atoms with E-state index in [0.717, 1.165) is 32.1 Å². The predicted octanol–water partition coefficient (Wildman–Crippen LogP) is 2.90. The normalized spacial score (nSPS) is 22.9. The second kappa shape index (κ2) is 6.46. The smallest absolute Gasteiger partial charge is 0.409 e. The lowest BCUT2D eigenvalue weighted by Crippen LogP contribution is -2.40. The van der Waals surface area contributed by atoms with E-state index in [9.17, 15) is 9.59 Å². The van der Waals surface area contributed by atoms with Gasteiger partial charge in [-0.1, -0.05) is 24.3 Å². The summed E-state index contributed by atoms with van der Waals surface area (Å²) in [7, 11) is 0. The Morgan fingerprint density at radius 1 is 1.25 bits per heavy atom. The van der Waals surface area contributed by atoms with Gasteiger partial charge in [-0.25, -0.2) is 4.79 Å². The number of rotatable bonds is 5. The molecule has 2 amide bonds. The first-order valence-corrected chi connectivity index (χ1v) is 9.04. The third-order valence-corrected chi connectivity index (χ3v) is 5.34. The molecule has 2 aliphatic carbocycles. The van der Waals surface area contributed by atoms with Gasteiger partial charge in [-0.2, -0.15) is 0 Å². The summed E-state index contributed by atoms with van der Waals surface area (Å²) in [5.41, 5.74) is 2.71. The predicted molar refractivity (Wildman–Crippen MR) is 89.5 cm³/mol. The highest BCUT2D eigenvalue weighted by Crippen LogP contribution is 2.41. The highest BCUT2D eigenvalue weighted by atomic mass is 16.6. The zero-order chi connectivity index (χ0) is 16.5. The van der Waals surface area contributed by atoms with Crippen molar-refractivity contribution < 1.29 is 14.3 Å². The second-order valence-electron chi connectivity index (χ2n) is 6.99. The Kier molecular flexibility index (Phi) is 4.17. The number of carbonyl (C=O) groups excluding carboxylic acids is 2. The number of benzene rings is 1. The van der Waals surface area contributed by atoms with Crippen LogP contribution in [0.15, 0.2) is 24.3 Å². The fourth-order valence-electron chi connectivity index (χ4n) is 3.99. The Labute approximate surface area is 142 Å². The van der Waals surface area contributed by atoms with Crippen molar-refractivity contribution >= 4 is 12.0 Å². The molecule has 24 heavy (non-hydrogen) atoms. The van der Waals surface area contributed by atoms with Gasteiger partial charge >= 0.3 is 6.09 Å². The lowest BCUT2D eigenvalue weighted by atomic mass is 9.86. The van der Waals surface area contributed by atoms with Crippen LogP contribution in [0.1, 0.15) is 49.3 Å². The van der Waals surface area contributed by atoms with E-state index >= 15 is 0 Å². The molecule has 0 bridgehead atoms. The minimum absolute atomic E-state index is 0.180. The van der Waals surface area contributed by atoms with Crippen molar-refractivity contribution in [2.24, 2.45) is 0 Å². The van der Waals surface area contributed by atoms with E-state index in [-0.39, 0.29) is 18.0 Å². The summed E-state index contributed by atoms with van der Waals surface area (Å²) < 4.78 is 4.94. The Bertz CT molecular complexity index is 641. The fraction of sp³-hybridized carbons (Fsp3) is 0.579. The molecule has 0 N–H and O–H groups in total. The molecule has 1 aromatic carbocycles. The SMILES string of the molecule is O=C1OCCN1CCC(=O)N(C1CC1)[C@H]1CCCc2ccccc21. The van der Waals surface area contributed by atoms with Crippen LogP contribution in [-0.2, 0) is 16.0 Å². The lowest BCUT2D eigenvalue weighted by molar-refractivity contribution is -0.135. The minimum atomic E-state index is -0.288. The van der Waals surface area contributed by atoms with Crippen molar-refractivity contribution in [3.8, 4) is 0 Å². The number of hydrogen-bond acceptors (Lipinski definition) is 3. The molecule has 0 spiro atoms. The van der Waals surface area contributed by atoms with E-state index in [2.05, 4.69) is 29.2 Å². The van der Waals surface area contributed by atoms with Gasteiger partial charge < -0.3 is 14.5 Å². The van der Waals surface area contributed by atoms with Crippen molar-refractivity contribution in [2.75, 3.05) is 19.7 Å². The van der Waals surface area contributed by atoms with Gasteiger partial charge in [0.15, 0.2) is 0 Å². The van der Waals surface area contributed by atoms with Crippen molar-refractivity contribution in [3.05, 3.63) is 35.4 Å². The molecule has 1 atom stereocenters. The maximum atomic E-state index is 12.9. The van der Waals surface area contributed by atoms with Crippen LogP contribution in [0.25, 0.3) is 0 Å². The van der Waals surface area contributed by atoms with E-state index < -0.39 is 0 Å². The highest BCUT2D eigenvalue weighted by molar-refractivity contribution is 5.78. The van der Waals surface area contributed by atoms with E-state index in [1.807, 2.05) is 0 Å². The van der Waals surface area contributed by atoms with Gasteiger partial charge in [0.25, 0.3) is 0 Å². The molecule has 4 rings (SSSR count). The van der Waals surface area contributed by atoms with Crippen LogP contribution in [-0.4, -0.2) is 47.5 Å². The Morgan fingerprint density at radius 3 is 2.83 bits per heavy atom. The largest absolute Gasteiger partial charge is 0.448 e. The van der Waals surface area contributed by atoms with Crippen LogP contribution in [0.2, 0.25) is 0 Å². The first-order chi connectivity index (χ1) is 11.7. The van der Waals surface area contributed by atoms with Crippen LogP contribution in [0, 0.1) is 0 Å². The number of fused-ring (bicyclic) bond motifs is 1. The Balaban J connectivity index is 1.48. The quantitative estimate of drug-likeness (QED) is 0.835. The summed E-state index contributed by atoms with van der Waals surface area (Å²) >= 11 is 0. The van der Waals surface area contributed by atoms with Crippen LogP contribution < -0.4 is 0 Å². The first kappa shape index (κ1) is 15.5. The van der Waals surface area contributed by atoms with Gasteiger partial charge in [-0.15, -0.1) is 0 Å². The monoisotopic (exact) mass is 328 g/mol. The maximum absolute atomic E-state index is 12.9. The third kappa shape index (κ3) is 2.99. The number of nitrogens with zero attached hydrogens (tertiary/aromatic N) is 2. The summed E-state index contributed by atoms with van der Waals surface area (Å²) in [6.07, 6.45) is 5.61. The Hall–Kier alpha value is -2.04. The van der Waals surface area contributed by atoms with E-state index in [0.29, 0.717) is 32.2 Å².